The van der Waals surface area contributed by atoms with Gasteiger partial charge in [0, 0.05) is 12.2 Å². The summed E-state index contributed by atoms with van der Waals surface area (Å²) in [5.74, 6) is -2.52. The first-order chi connectivity index (χ1) is 13.8. The molecule has 3 aromatic rings. The molecular weight excluding hydrogens is 388 g/mol. The molecular formula is C22H20N2O4S. The number of likely N-dealkylation sites (N-methyl/N-ethyl adjacent to an activating group) is 1. The molecule has 148 valence electrons. The minimum Gasteiger partial charge on any atom is -0.325 e. The van der Waals surface area contributed by atoms with E-state index < -0.39 is 27.8 Å². The van der Waals surface area contributed by atoms with Gasteiger partial charge in [-0.3, -0.25) is 9.59 Å². The van der Waals surface area contributed by atoms with Gasteiger partial charge in [-0.25, -0.2) is 12.7 Å². The molecule has 0 aliphatic carbocycles. The van der Waals surface area contributed by atoms with E-state index in [9.17, 15) is 18.0 Å². The number of benzene rings is 3. The van der Waals surface area contributed by atoms with Crippen LogP contribution < -0.4 is 5.32 Å². The van der Waals surface area contributed by atoms with E-state index in [0.29, 0.717) is 5.69 Å². The number of rotatable bonds is 3. The predicted octanol–water partition coefficient (Wildman–Crippen LogP) is 3.42. The number of anilines is 1. The number of aryl methyl sites for hydroxylation is 1. The number of carbonyl (C=O) groups is 2. The Hall–Kier alpha value is -3.19. The third-order valence-electron chi connectivity index (χ3n) is 5.12. The average molecular weight is 408 g/mol. The fourth-order valence-corrected chi connectivity index (χ4v) is 5.30. The zero-order valence-corrected chi connectivity index (χ0v) is 16.9. The van der Waals surface area contributed by atoms with E-state index in [1.165, 1.54) is 0 Å². The molecule has 29 heavy (non-hydrogen) atoms. The smallest absolute Gasteiger partial charge is 0.266 e. The monoisotopic (exact) mass is 408 g/mol. The molecule has 0 spiro atoms. The largest absolute Gasteiger partial charge is 0.325 e. The van der Waals surface area contributed by atoms with Crippen molar-refractivity contribution in [3.63, 3.8) is 0 Å². The molecule has 0 aromatic heterocycles. The van der Waals surface area contributed by atoms with Gasteiger partial charge >= 0.3 is 0 Å². The SMILES string of the molecule is CCN1C(=O)C(C(=O)Nc2ccc(C)cc2)c2cc3ccccc3cc2S1(=O)=O. The fraction of sp³-hybridized carbons (Fsp3) is 0.182. The first kappa shape index (κ1) is 19.1. The van der Waals surface area contributed by atoms with Crippen LogP contribution in [0.15, 0.2) is 65.6 Å². The molecule has 2 amide bonds. The highest BCUT2D eigenvalue weighted by Gasteiger charge is 2.45. The quantitative estimate of drug-likeness (QED) is 0.673. The molecule has 4 rings (SSSR count). The first-order valence-corrected chi connectivity index (χ1v) is 10.7. The van der Waals surface area contributed by atoms with E-state index in [-0.39, 0.29) is 17.0 Å². The van der Waals surface area contributed by atoms with Crippen LogP contribution in [-0.4, -0.2) is 31.1 Å². The Balaban J connectivity index is 1.87. The van der Waals surface area contributed by atoms with Gasteiger partial charge in [-0.05, 0) is 54.4 Å². The molecule has 0 radical (unpaired) electrons. The summed E-state index contributed by atoms with van der Waals surface area (Å²) in [6.45, 7) is 3.47. The summed E-state index contributed by atoms with van der Waals surface area (Å²) < 4.78 is 26.8. The van der Waals surface area contributed by atoms with Crippen molar-refractivity contribution in [2.24, 2.45) is 0 Å². The zero-order valence-electron chi connectivity index (χ0n) is 16.0. The maximum absolute atomic E-state index is 13.1. The van der Waals surface area contributed by atoms with Crippen LogP contribution in [0.25, 0.3) is 10.8 Å². The van der Waals surface area contributed by atoms with Gasteiger partial charge in [0.2, 0.25) is 5.91 Å². The lowest BCUT2D eigenvalue weighted by Gasteiger charge is -2.32. The Kier molecular flexibility index (Phi) is 4.62. The summed E-state index contributed by atoms with van der Waals surface area (Å²) in [6.07, 6.45) is 0. The number of nitrogens with zero attached hydrogens (tertiary/aromatic N) is 1. The maximum atomic E-state index is 13.1. The van der Waals surface area contributed by atoms with Gasteiger partial charge in [-0.2, -0.15) is 0 Å². The molecule has 3 aromatic carbocycles. The van der Waals surface area contributed by atoms with Crippen molar-refractivity contribution in [1.29, 1.82) is 0 Å². The molecule has 1 atom stereocenters. The molecule has 7 heteroatoms. The number of amides is 2. The standard InChI is InChI=1S/C22H20N2O4S/c1-3-24-22(26)20(21(25)23-17-10-8-14(2)9-11-17)18-12-15-6-4-5-7-16(15)13-19(18)29(24,27)28/h4-13,20H,3H2,1-2H3,(H,23,25). The Morgan fingerprint density at radius 1 is 1.03 bits per heavy atom. The lowest BCUT2D eigenvalue weighted by atomic mass is 9.94. The molecule has 1 N–H and O–H groups in total. The summed E-state index contributed by atoms with van der Waals surface area (Å²) >= 11 is 0. The van der Waals surface area contributed by atoms with Gasteiger partial charge in [0.05, 0.1) is 4.90 Å². The molecule has 1 aliphatic heterocycles. The van der Waals surface area contributed by atoms with Crippen LogP contribution in [0.2, 0.25) is 0 Å². The highest BCUT2D eigenvalue weighted by Crippen LogP contribution is 2.38. The summed E-state index contributed by atoms with van der Waals surface area (Å²) in [5.41, 5.74) is 1.80. The number of fused-ring (bicyclic) bond motifs is 2. The molecule has 0 saturated carbocycles. The van der Waals surface area contributed by atoms with Crippen molar-refractivity contribution in [2.75, 3.05) is 11.9 Å². The van der Waals surface area contributed by atoms with Crippen LogP contribution >= 0.6 is 0 Å². The van der Waals surface area contributed by atoms with E-state index in [4.69, 9.17) is 0 Å². The predicted molar refractivity (Wildman–Crippen MR) is 111 cm³/mol. The molecule has 0 saturated heterocycles. The Morgan fingerprint density at radius 2 is 1.66 bits per heavy atom. The summed E-state index contributed by atoms with van der Waals surface area (Å²) in [4.78, 5) is 26.1. The van der Waals surface area contributed by atoms with Gasteiger partial charge in [0.25, 0.3) is 15.9 Å². The number of sulfonamides is 1. The van der Waals surface area contributed by atoms with E-state index in [2.05, 4.69) is 5.32 Å². The topological polar surface area (TPSA) is 83.6 Å². The lowest BCUT2D eigenvalue weighted by Crippen LogP contribution is -2.47. The Labute approximate surface area is 169 Å². The zero-order chi connectivity index (χ0) is 20.8. The summed E-state index contributed by atoms with van der Waals surface area (Å²) in [5, 5.41) is 4.25. The van der Waals surface area contributed by atoms with Crippen LogP contribution in [0.4, 0.5) is 5.69 Å². The van der Waals surface area contributed by atoms with Crippen LogP contribution in [0.3, 0.4) is 0 Å². The molecule has 0 bridgehead atoms. The minimum absolute atomic E-state index is 0.00158. The lowest BCUT2D eigenvalue weighted by molar-refractivity contribution is -0.133. The first-order valence-electron chi connectivity index (χ1n) is 9.29. The van der Waals surface area contributed by atoms with Gasteiger partial charge < -0.3 is 5.32 Å². The van der Waals surface area contributed by atoms with Crippen LogP contribution in [-0.2, 0) is 19.6 Å². The number of nitrogens with one attached hydrogen (secondary N) is 1. The number of hydrogen-bond acceptors (Lipinski definition) is 4. The molecule has 0 fully saturated rings. The Bertz CT molecular complexity index is 1230. The normalized spacial score (nSPS) is 17.8. The van der Waals surface area contributed by atoms with Crippen molar-refractivity contribution in [3.8, 4) is 0 Å². The van der Waals surface area contributed by atoms with Gasteiger partial charge in [0.15, 0.2) is 0 Å². The molecule has 1 aliphatic rings. The second kappa shape index (κ2) is 7.00. The van der Waals surface area contributed by atoms with Crippen molar-refractivity contribution in [2.45, 2.75) is 24.7 Å². The van der Waals surface area contributed by atoms with Crippen molar-refractivity contribution in [1.82, 2.24) is 4.31 Å². The summed E-state index contributed by atoms with van der Waals surface area (Å²) in [6, 6.07) is 17.6. The number of hydrogen-bond donors (Lipinski definition) is 1. The van der Waals surface area contributed by atoms with Crippen LogP contribution in [0, 0.1) is 6.92 Å². The fourth-order valence-electron chi connectivity index (χ4n) is 3.63. The second-order valence-electron chi connectivity index (χ2n) is 7.03. The Morgan fingerprint density at radius 3 is 2.28 bits per heavy atom. The van der Waals surface area contributed by atoms with Crippen molar-refractivity contribution >= 4 is 38.3 Å². The average Bonchev–Trinajstić information content (AvgIpc) is 2.69. The van der Waals surface area contributed by atoms with Crippen LogP contribution in [0.5, 0.6) is 0 Å². The van der Waals surface area contributed by atoms with E-state index in [0.717, 1.165) is 20.6 Å². The highest BCUT2D eigenvalue weighted by molar-refractivity contribution is 7.89. The van der Waals surface area contributed by atoms with Gasteiger partial charge in [-0.15, -0.1) is 0 Å². The second-order valence-corrected chi connectivity index (χ2v) is 8.86. The molecule has 1 unspecified atom stereocenters. The van der Waals surface area contributed by atoms with Crippen LogP contribution in [0.1, 0.15) is 24.0 Å². The van der Waals surface area contributed by atoms with Crippen molar-refractivity contribution in [3.05, 3.63) is 71.8 Å². The third kappa shape index (κ3) is 3.17. The van der Waals surface area contributed by atoms with E-state index in [1.807, 2.05) is 37.3 Å². The van der Waals surface area contributed by atoms with Gasteiger partial charge in [0.1, 0.15) is 5.92 Å². The van der Waals surface area contributed by atoms with E-state index in [1.54, 1.807) is 37.3 Å². The maximum Gasteiger partial charge on any atom is 0.266 e. The number of carbonyl (C=O) groups excluding carboxylic acids is 2. The molecule has 1 heterocycles. The summed E-state index contributed by atoms with van der Waals surface area (Å²) in [7, 11) is -4.01. The molecule has 6 nitrogen and oxygen atoms in total. The third-order valence-corrected chi connectivity index (χ3v) is 7.05. The van der Waals surface area contributed by atoms with Crippen molar-refractivity contribution < 1.29 is 18.0 Å². The van der Waals surface area contributed by atoms with E-state index >= 15 is 0 Å². The minimum atomic E-state index is -4.01. The highest BCUT2D eigenvalue weighted by atomic mass is 32.2. The van der Waals surface area contributed by atoms with Gasteiger partial charge in [-0.1, -0.05) is 42.0 Å².